The molecule has 0 aromatic heterocycles. The van der Waals surface area contributed by atoms with Gasteiger partial charge in [0.25, 0.3) is 0 Å². The Kier molecular flexibility index (Phi) is 3.92. The molecule has 18 heavy (non-hydrogen) atoms. The average molecular weight is 237 g/mol. The highest BCUT2D eigenvalue weighted by atomic mass is 16.1. The largest absolute Gasteiger partial charge is 0.381 e. The van der Waals surface area contributed by atoms with E-state index >= 15 is 0 Å². The highest BCUT2D eigenvalue weighted by molar-refractivity contribution is 5.76. The van der Waals surface area contributed by atoms with Crippen LogP contribution in [0.25, 0.3) is 6.08 Å². The Morgan fingerprint density at radius 1 is 1.06 bits per heavy atom. The van der Waals surface area contributed by atoms with Crippen LogP contribution in [0.5, 0.6) is 0 Å². The predicted octanol–water partition coefficient (Wildman–Crippen LogP) is 3.75. The van der Waals surface area contributed by atoms with Crippen LogP contribution in [0.1, 0.15) is 21.5 Å². The molecule has 0 saturated carbocycles. The van der Waals surface area contributed by atoms with Crippen LogP contribution in [0.15, 0.2) is 55.1 Å². The minimum absolute atomic E-state index is 0.682. The van der Waals surface area contributed by atoms with E-state index in [1.165, 1.54) is 5.56 Å². The molecule has 0 atom stereocenters. The van der Waals surface area contributed by atoms with Crippen LogP contribution in [0.4, 0.5) is 5.69 Å². The van der Waals surface area contributed by atoms with Gasteiger partial charge in [0.2, 0.25) is 0 Å². The van der Waals surface area contributed by atoms with Gasteiger partial charge in [-0.15, -0.1) is 0 Å². The van der Waals surface area contributed by atoms with E-state index in [-0.39, 0.29) is 0 Å². The van der Waals surface area contributed by atoms with Crippen LogP contribution >= 0.6 is 0 Å². The lowest BCUT2D eigenvalue weighted by atomic mass is 10.1. The molecule has 0 bridgehead atoms. The van der Waals surface area contributed by atoms with E-state index in [4.69, 9.17) is 0 Å². The maximum Gasteiger partial charge on any atom is 0.150 e. The molecule has 0 aliphatic heterocycles. The Labute approximate surface area is 107 Å². The summed E-state index contributed by atoms with van der Waals surface area (Å²) in [6.07, 6.45) is 2.68. The molecular formula is C16H15NO. The van der Waals surface area contributed by atoms with Crippen molar-refractivity contribution in [2.24, 2.45) is 0 Å². The first-order valence-corrected chi connectivity index (χ1v) is 5.82. The third kappa shape index (κ3) is 3.08. The Hall–Kier alpha value is -2.35. The van der Waals surface area contributed by atoms with Gasteiger partial charge in [-0.25, -0.2) is 0 Å². The summed E-state index contributed by atoms with van der Waals surface area (Å²) < 4.78 is 0. The lowest BCUT2D eigenvalue weighted by Crippen LogP contribution is -1.99. The molecule has 2 rings (SSSR count). The van der Waals surface area contributed by atoms with Gasteiger partial charge in [0.1, 0.15) is 6.29 Å². The van der Waals surface area contributed by atoms with Gasteiger partial charge in [0.05, 0.1) is 0 Å². The number of benzene rings is 2. The molecule has 2 heteroatoms. The number of carbonyl (C=O) groups excluding carboxylic acids is 1. The van der Waals surface area contributed by atoms with Gasteiger partial charge in [0.15, 0.2) is 0 Å². The highest BCUT2D eigenvalue weighted by Crippen LogP contribution is 2.12. The summed E-state index contributed by atoms with van der Waals surface area (Å²) >= 11 is 0. The van der Waals surface area contributed by atoms with Gasteiger partial charge < -0.3 is 5.32 Å². The van der Waals surface area contributed by atoms with Crippen LogP contribution in [-0.2, 0) is 6.54 Å². The van der Waals surface area contributed by atoms with Gasteiger partial charge >= 0.3 is 0 Å². The minimum atomic E-state index is 0.682. The van der Waals surface area contributed by atoms with Crippen molar-refractivity contribution in [1.29, 1.82) is 0 Å². The number of rotatable bonds is 5. The van der Waals surface area contributed by atoms with E-state index in [1.807, 2.05) is 36.4 Å². The molecule has 0 aliphatic carbocycles. The Morgan fingerprint density at radius 3 is 2.50 bits per heavy atom. The first kappa shape index (κ1) is 12.1. The molecule has 0 unspecified atom stereocenters. The lowest BCUT2D eigenvalue weighted by Gasteiger charge is -2.07. The number of hydrogen-bond donors (Lipinski definition) is 1. The smallest absolute Gasteiger partial charge is 0.150 e. The van der Waals surface area contributed by atoms with E-state index in [1.54, 1.807) is 6.07 Å². The second kappa shape index (κ2) is 5.82. The quantitative estimate of drug-likeness (QED) is 0.802. The summed E-state index contributed by atoms with van der Waals surface area (Å²) in [5.41, 5.74) is 3.94. The van der Waals surface area contributed by atoms with Crippen LogP contribution in [0, 0.1) is 0 Å². The second-order valence-electron chi connectivity index (χ2n) is 4.04. The number of aldehydes is 1. The minimum Gasteiger partial charge on any atom is -0.381 e. The molecule has 0 radical (unpaired) electrons. The summed E-state index contributed by atoms with van der Waals surface area (Å²) in [5.74, 6) is 0. The number of carbonyl (C=O) groups is 1. The molecule has 2 nitrogen and oxygen atoms in total. The summed E-state index contributed by atoms with van der Waals surface area (Å²) in [5, 5.41) is 3.29. The molecule has 0 heterocycles. The molecule has 0 spiro atoms. The van der Waals surface area contributed by atoms with E-state index in [0.717, 1.165) is 24.1 Å². The molecule has 1 N–H and O–H groups in total. The Bertz CT molecular complexity index is 543. The molecule has 0 amide bonds. The molecule has 90 valence electrons. The summed E-state index contributed by atoms with van der Waals surface area (Å²) in [6.45, 7) is 4.46. The van der Waals surface area contributed by atoms with Crippen molar-refractivity contribution < 1.29 is 4.79 Å². The lowest BCUT2D eigenvalue weighted by molar-refractivity contribution is 0.112. The third-order valence-electron chi connectivity index (χ3n) is 2.73. The van der Waals surface area contributed by atoms with Crippen LogP contribution in [-0.4, -0.2) is 6.29 Å². The number of hydrogen-bond acceptors (Lipinski definition) is 2. The van der Waals surface area contributed by atoms with Crippen molar-refractivity contribution in [3.05, 3.63) is 71.8 Å². The van der Waals surface area contributed by atoms with Crippen molar-refractivity contribution in [2.75, 3.05) is 5.32 Å². The van der Waals surface area contributed by atoms with Crippen molar-refractivity contribution in [2.45, 2.75) is 6.54 Å². The van der Waals surface area contributed by atoms with Crippen LogP contribution in [0.2, 0.25) is 0 Å². The number of anilines is 1. The Balaban J connectivity index is 2.01. The van der Waals surface area contributed by atoms with E-state index < -0.39 is 0 Å². The van der Waals surface area contributed by atoms with E-state index in [2.05, 4.69) is 24.0 Å². The summed E-state index contributed by atoms with van der Waals surface area (Å²) in [6, 6.07) is 15.6. The van der Waals surface area contributed by atoms with Crippen molar-refractivity contribution >= 4 is 18.0 Å². The first-order valence-electron chi connectivity index (χ1n) is 5.82. The zero-order valence-electron chi connectivity index (χ0n) is 10.1. The molecule has 2 aromatic rings. The first-order chi connectivity index (χ1) is 8.81. The SMILES string of the molecule is C=Cc1ccc(CNc2cccc(C=O)c2)cc1. The topological polar surface area (TPSA) is 29.1 Å². The monoisotopic (exact) mass is 237 g/mol. The highest BCUT2D eigenvalue weighted by Gasteiger charge is 1.96. The van der Waals surface area contributed by atoms with Gasteiger partial charge in [-0.2, -0.15) is 0 Å². The Morgan fingerprint density at radius 2 is 1.83 bits per heavy atom. The molecular weight excluding hydrogens is 222 g/mol. The molecule has 0 aliphatic rings. The molecule has 2 aromatic carbocycles. The third-order valence-corrected chi connectivity index (χ3v) is 2.73. The maximum atomic E-state index is 10.7. The van der Waals surface area contributed by atoms with Gasteiger partial charge in [0, 0.05) is 17.8 Å². The maximum absolute atomic E-state index is 10.7. The standard InChI is InChI=1S/C16H15NO/c1-2-13-6-8-14(9-7-13)11-17-16-5-3-4-15(10-16)12-18/h2-10,12,17H,1,11H2. The van der Waals surface area contributed by atoms with Crippen molar-refractivity contribution in [3.8, 4) is 0 Å². The van der Waals surface area contributed by atoms with Crippen LogP contribution in [0.3, 0.4) is 0 Å². The fraction of sp³-hybridized carbons (Fsp3) is 0.0625. The van der Waals surface area contributed by atoms with Gasteiger partial charge in [-0.05, 0) is 23.3 Å². The summed E-state index contributed by atoms with van der Waals surface area (Å²) in [7, 11) is 0. The molecule has 0 fully saturated rings. The second-order valence-corrected chi connectivity index (χ2v) is 4.04. The van der Waals surface area contributed by atoms with E-state index in [9.17, 15) is 4.79 Å². The average Bonchev–Trinajstić information content (AvgIpc) is 2.46. The normalized spacial score (nSPS) is 9.78. The zero-order valence-corrected chi connectivity index (χ0v) is 10.1. The fourth-order valence-corrected chi connectivity index (χ4v) is 1.70. The van der Waals surface area contributed by atoms with Gasteiger partial charge in [-0.1, -0.05) is 49.1 Å². The van der Waals surface area contributed by atoms with Crippen molar-refractivity contribution in [1.82, 2.24) is 0 Å². The van der Waals surface area contributed by atoms with Gasteiger partial charge in [-0.3, -0.25) is 4.79 Å². The number of nitrogens with one attached hydrogen (secondary N) is 1. The van der Waals surface area contributed by atoms with Crippen LogP contribution < -0.4 is 5.32 Å². The van der Waals surface area contributed by atoms with E-state index in [0.29, 0.717) is 5.56 Å². The molecule has 0 saturated heterocycles. The van der Waals surface area contributed by atoms with Crippen molar-refractivity contribution in [3.63, 3.8) is 0 Å². The predicted molar refractivity (Wildman–Crippen MR) is 75.7 cm³/mol. The summed E-state index contributed by atoms with van der Waals surface area (Å²) in [4.78, 5) is 10.7. The zero-order chi connectivity index (χ0) is 12.8. The fourth-order valence-electron chi connectivity index (χ4n) is 1.70.